The summed E-state index contributed by atoms with van der Waals surface area (Å²) in [5, 5.41) is 6.42. The number of nitrogens with one attached hydrogen (secondary N) is 1. The van der Waals surface area contributed by atoms with Crippen molar-refractivity contribution in [2.24, 2.45) is 0 Å². The third-order valence-electron chi connectivity index (χ3n) is 3.17. The highest BCUT2D eigenvalue weighted by Crippen LogP contribution is 2.21. The van der Waals surface area contributed by atoms with Crippen LogP contribution < -0.4 is 5.32 Å². The molecule has 1 atom stereocenters. The molecule has 7 nitrogen and oxygen atoms in total. The molecule has 1 aromatic heterocycles. The molecule has 1 fully saturated rings. The van der Waals surface area contributed by atoms with Gasteiger partial charge in [-0.15, -0.1) is 0 Å². The molecule has 1 N–H and O–H groups in total. The molecule has 19 heavy (non-hydrogen) atoms. The molecule has 0 saturated carbocycles. The van der Waals surface area contributed by atoms with Gasteiger partial charge in [-0.1, -0.05) is 12.1 Å². The van der Waals surface area contributed by atoms with E-state index < -0.39 is 11.6 Å². The summed E-state index contributed by atoms with van der Waals surface area (Å²) in [5.74, 6) is 0.559. The minimum atomic E-state index is -0.905. The number of amides is 2. The van der Waals surface area contributed by atoms with Crippen LogP contribution in [0.1, 0.15) is 38.9 Å². The van der Waals surface area contributed by atoms with Gasteiger partial charge in [0.15, 0.2) is 5.82 Å². The van der Waals surface area contributed by atoms with Crippen molar-refractivity contribution in [3.05, 3.63) is 11.7 Å². The molecule has 2 amide bonds. The summed E-state index contributed by atoms with van der Waals surface area (Å²) in [6.45, 7) is 7.10. The fourth-order valence-electron chi connectivity index (χ4n) is 2.22. The number of hydrogen-bond acceptors (Lipinski definition) is 5. The van der Waals surface area contributed by atoms with Crippen LogP contribution in [0.2, 0.25) is 0 Å². The Kier molecular flexibility index (Phi) is 3.30. The maximum atomic E-state index is 12.4. The Labute approximate surface area is 111 Å². The quantitative estimate of drug-likeness (QED) is 0.855. The van der Waals surface area contributed by atoms with Crippen LogP contribution >= 0.6 is 0 Å². The monoisotopic (exact) mass is 266 g/mol. The number of aromatic nitrogens is 2. The standard InChI is InChI=1S/C12H18N4O3/c1-5-8-10(17)14-12(3,4)11(18)16(8)6-9-13-7(2)15-19-9/h8H,5-6H2,1-4H3,(H,14,17). The number of carbonyl (C=O) groups excluding carboxylic acids is 2. The fourth-order valence-corrected chi connectivity index (χ4v) is 2.22. The van der Waals surface area contributed by atoms with Crippen molar-refractivity contribution in [3.8, 4) is 0 Å². The molecule has 0 radical (unpaired) electrons. The van der Waals surface area contributed by atoms with E-state index in [0.717, 1.165) is 0 Å². The third kappa shape index (κ3) is 2.45. The lowest BCUT2D eigenvalue weighted by molar-refractivity contribution is -0.154. The summed E-state index contributed by atoms with van der Waals surface area (Å²) >= 11 is 0. The molecule has 0 spiro atoms. The molecule has 2 rings (SSSR count). The minimum Gasteiger partial charge on any atom is -0.340 e. The van der Waals surface area contributed by atoms with Gasteiger partial charge >= 0.3 is 0 Å². The van der Waals surface area contributed by atoms with Crippen molar-refractivity contribution in [1.82, 2.24) is 20.4 Å². The molecule has 104 valence electrons. The van der Waals surface area contributed by atoms with Gasteiger partial charge in [-0.25, -0.2) is 0 Å². The van der Waals surface area contributed by atoms with Crippen LogP contribution in [-0.4, -0.2) is 38.4 Å². The topological polar surface area (TPSA) is 88.3 Å². The van der Waals surface area contributed by atoms with Gasteiger partial charge in [0.25, 0.3) is 0 Å². The summed E-state index contributed by atoms with van der Waals surface area (Å²) in [6, 6.07) is -0.493. The summed E-state index contributed by atoms with van der Waals surface area (Å²) in [6.07, 6.45) is 0.542. The number of rotatable bonds is 3. The van der Waals surface area contributed by atoms with Crippen LogP contribution in [0.3, 0.4) is 0 Å². The van der Waals surface area contributed by atoms with Crippen molar-refractivity contribution >= 4 is 11.8 Å². The normalized spacial score (nSPS) is 22.5. The smallest absolute Gasteiger partial charge is 0.248 e. The first-order chi connectivity index (χ1) is 8.85. The highest BCUT2D eigenvalue weighted by Gasteiger charge is 2.44. The van der Waals surface area contributed by atoms with Gasteiger partial charge in [-0.05, 0) is 27.2 Å². The van der Waals surface area contributed by atoms with Gasteiger partial charge in [-0.2, -0.15) is 4.98 Å². The molecule has 0 bridgehead atoms. The Morgan fingerprint density at radius 2 is 2.11 bits per heavy atom. The molecule has 0 aromatic carbocycles. The Balaban J connectivity index is 2.27. The molecule has 7 heteroatoms. The van der Waals surface area contributed by atoms with Crippen molar-refractivity contribution < 1.29 is 14.1 Å². The largest absolute Gasteiger partial charge is 0.340 e. The average Bonchev–Trinajstić information content (AvgIpc) is 2.71. The lowest BCUT2D eigenvalue weighted by Crippen LogP contribution is -2.67. The predicted octanol–water partition coefficient (Wildman–Crippen LogP) is 0.394. The Morgan fingerprint density at radius 1 is 1.42 bits per heavy atom. The first-order valence-corrected chi connectivity index (χ1v) is 6.27. The molecule has 1 aliphatic heterocycles. The fraction of sp³-hybridized carbons (Fsp3) is 0.667. The molecule has 0 aliphatic carbocycles. The first kappa shape index (κ1) is 13.5. The molecular formula is C12H18N4O3. The highest BCUT2D eigenvalue weighted by atomic mass is 16.5. The van der Waals surface area contributed by atoms with Gasteiger partial charge in [0.1, 0.15) is 18.1 Å². The van der Waals surface area contributed by atoms with E-state index in [9.17, 15) is 9.59 Å². The summed E-state index contributed by atoms with van der Waals surface area (Å²) in [4.78, 5) is 30.0. The van der Waals surface area contributed by atoms with Crippen molar-refractivity contribution in [2.75, 3.05) is 0 Å². The van der Waals surface area contributed by atoms with Gasteiger partial charge in [0, 0.05) is 0 Å². The van der Waals surface area contributed by atoms with E-state index in [1.54, 1.807) is 20.8 Å². The van der Waals surface area contributed by atoms with E-state index in [-0.39, 0.29) is 18.4 Å². The highest BCUT2D eigenvalue weighted by molar-refractivity contribution is 5.99. The van der Waals surface area contributed by atoms with E-state index in [0.29, 0.717) is 18.1 Å². The SMILES string of the molecule is CCC1C(=O)NC(C)(C)C(=O)N1Cc1nc(C)no1. The maximum absolute atomic E-state index is 12.4. The molecule has 1 unspecified atom stereocenters. The Bertz CT molecular complexity index is 509. The van der Waals surface area contributed by atoms with Crippen molar-refractivity contribution in [3.63, 3.8) is 0 Å². The molecule has 1 aliphatic rings. The molecular weight excluding hydrogens is 248 g/mol. The van der Waals surface area contributed by atoms with Crippen LogP contribution in [0.15, 0.2) is 4.52 Å². The van der Waals surface area contributed by atoms with Crippen LogP contribution in [0, 0.1) is 6.92 Å². The maximum Gasteiger partial charge on any atom is 0.248 e. The summed E-state index contributed by atoms with van der Waals surface area (Å²) in [5.41, 5.74) is -0.905. The minimum absolute atomic E-state index is 0.144. The zero-order valence-electron chi connectivity index (χ0n) is 11.6. The number of aryl methyl sites for hydroxylation is 1. The van der Waals surface area contributed by atoms with Crippen molar-refractivity contribution in [1.29, 1.82) is 0 Å². The zero-order chi connectivity index (χ0) is 14.2. The number of carbonyl (C=O) groups is 2. The van der Waals surface area contributed by atoms with Crippen LogP contribution in [0.5, 0.6) is 0 Å². The number of nitrogens with zero attached hydrogens (tertiary/aromatic N) is 3. The molecule has 1 saturated heterocycles. The third-order valence-corrected chi connectivity index (χ3v) is 3.17. The zero-order valence-corrected chi connectivity index (χ0v) is 11.6. The van der Waals surface area contributed by atoms with Gasteiger partial charge in [-0.3, -0.25) is 9.59 Å². The van der Waals surface area contributed by atoms with Gasteiger partial charge in [0.2, 0.25) is 17.7 Å². The van der Waals surface area contributed by atoms with E-state index in [1.165, 1.54) is 4.90 Å². The lowest BCUT2D eigenvalue weighted by Gasteiger charge is -2.41. The molecule has 2 heterocycles. The first-order valence-electron chi connectivity index (χ1n) is 6.27. The predicted molar refractivity (Wildman–Crippen MR) is 65.9 cm³/mol. The summed E-state index contributed by atoms with van der Waals surface area (Å²) in [7, 11) is 0. The average molecular weight is 266 g/mol. The second-order valence-electron chi connectivity index (χ2n) is 5.21. The van der Waals surface area contributed by atoms with Crippen LogP contribution in [0.25, 0.3) is 0 Å². The summed E-state index contributed by atoms with van der Waals surface area (Å²) < 4.78 is 5.02. The Morgan fingerprint density at radius 3 is 2.63 bits per heavy atom. The van der Waals surface area contributed by atoms with Crippen LogP contribution in [-0.2, 0) is 16.1 Å². The van der Waals surface area contributed by atoms with E-state index in [2.05, 4.69) is 15.5 Å². The van der Waals surface area contributed by atoms with E-state index >= 15 is 0 Å². The molecule has 1 aromatic rings. The van der Waals surface area contributed by atoms with E-state index in [4.69, 9.17) is 4.52 Å². The van der Waals surface area contributed by atoms with Crippen LogP contribution in [0.4, 0.5) is 0 Å². The van der Waals surface area contributed by atoms with Gasteiger partial charge in [0.05, 0.1) is 0 Å². The number of hydrogen-bond donors (Lipinski definition) is 1. The number of piperazine rings is 1. The second kappa shape index (κ2) is 4.64. The lowest BCUT2D eigenvalue weighted by atomic mass is 9.96. The Hall–Kier alpha value is -1.92. The van der Waals surface area contributed by atoms with Crippen molar-refractivity contribution in [2.45, 2.75) is 52.2 Å². The van der Waals surface area contributed by atoms with Gasteiger partial charge < -0.3 is 14.7 Å². The second-order valence-corrected chi connectivity index (χ2v) is 5.21. The van der Waals surface area contributed by atoms with E-state index in [1.807, 2.05) is 6.92 Å².